The largest absolute Gasteiger partial charge is 0.398 e. The van der Waals surface area contributed by atoms with Gasteiger partial charge in [0.15, 0.2) is 23.1 Å². The van der Waals surface area contributed by atoms with Crippen LogP contribution in [0.15, 0.2) is 146 Å². The Hall–Kier alpha value is -6.77. The van der Waals surface area contributed by atoms with Crippen molar-refractivity contribution in [2.45, 2.75) is 12.8 Å². The highest BCUT2D eigenvalue weighted by molar-refractivity contribution is 6.67. The van der Waals surface area contributed by atoms with Gasteiger partial charge in [-0.15, -0.1) is 0 Å². The first kappa shape index (κ1) is 36.0. The first-order valence-electron chi connectivity index (χ1n) is 16.6. The number of Topliss-reactive ketones (excluding diaryl/α,β-unsaturated/α-hetero) is 4. The fraction of sp³-hybridized carbons (Fsp3) is 0.0455. The molecule has 0 spiro atoms. The molecule has 260 valence electrons. The quantitative estimate of drug-likeness (QED) is 0.103. The van der Waals surface area contributed by atoms with Crippen LogP contribution in [0.2, 0.25) is 0 Å². The Morgan fingerprint density at radius 2 is 0.868 bits per heavy atom. The second-order valence-corrected chi connectivity index (χ2v) is 12.4. The number of rotatable bonds is 5. The molecule has 53 heavy (non-hydrogen) atoms. The van der Waals surface area contributed by atoms with Gasteiger partial charge in [0, 0.05) is 27.9 Å². The van der Waals surface area contributed by atoms with Crippen molar-refractivity contribution < 1.29 is 28.8 Å². The van der Waals surface area contributed by atoms with Crippen LogP contribution in [0.1, 0.15) is 75.0 Å². The van der Waals surface area contributed by atoms with Gasteiger partial charge in [-0.3, -0.25) is 28.8 Å². The number of halogens is 1. The van der Waals surface area contributed by atoms with E-state index in [1.807, 2.05) is 72.8 Å². The van der Waals surface area contributed by atoms with E-state index < -0.39 is 5.24 Å². The fourth-order valence-corrected chi connectivity index (χ4v) is 6.34. The van der Waals surface area contributed by atoms with E-state index in [0.29, 0.717) is 50.3 Å². The van der Waals surface area contributed by atoms with Crippen LogP contribution in [0.3, 0.4) is 0 Å². The van der Waals surface area contributed by atoms with Gasteiger partial charge in [-0.25, -0.2) is 0 Å². The predicted molar refractivity (Wildman–Crippen MR) is 206 cm³/mol. The SMILES string of the molecule is Nc1ccc(-c2ccccc2)c2c1C(=O)CC2=O.O=C(Cl)c1ccccc1.O=C(Nc1ccc(-c2ccccc2)c2c1C(=O)CC2=O)c1ccccc1. The third kappa shape index (κ3) is 7.93. The van der Waals surface area contributed by atoms with Crippen LogP contribution in [0.5, 0.6) is 0 Å². The van der Waals surface area contributed by atoms with E-state index in [0.717, 1.165) is 16.7 Å². The highest BCUT2D eigenvalue weighted by Gasteiger charge is 2.34. The van der Waals surface area contributed by atoms with Crippen LogP contribution in [0, 0.1) is 0 Å². The van der Waals surface area contributed by atoms with Gasteiger partial charge in [-0.05, 0) is 58.1 Å². The summed E-state index contributed by atoms with van der Waals surface area (Å²) in [7, 11) is 0. The number of nitrogens with one attached hydrogen (secondary N) is 1. The van der Waals surface area contributed by atoms with Crippen LogP contribution in [-0.4, -0.2) is 34.3 Å². The molecule has 1 amide bonds. The van der Waals surface area contributed by atoms with Crippen molar-refractivity contribution in [1.29, 1.82) is 0 Å². The average molecular weight is 719 g/mol. The maximum Gasteiger partial charge on any atom is 0.255 e. The maximum absolute atomic E-state index is 12.4. The van der Waals surface area contributed by atoms with Gasteiger partial charge >= 0.3 is 0 Å². The van der Waals surface area contributed by atoms with Crippen LogP contribution < -0.4 is 11.1 Å². The summed E-state index contributed by atoms with van der Waals surface area (Å²) in [5, 5.41) is 2.37. The lowest BCUT2D eigenvalue weighted by Crippen LogP contribution is -2.14. The number of amides is 1. The molecular weight excluding hydrogens is 688 g/mol. The molecule has 8 nitrogen and oxygen atoms in total. The number of anilines is 2. The third-order valence-corrected chi connectivity index (χ3v) is 8.87. The molecule has 0 heterocycles. The second kappa shape index (κ2) is 16.1. The molecule has 0 saturated heterocycles. The molecule has 0 saturated carbocycles. The number of nitrogens with two attached hydrogens (primary N) is 1. The number of nitrogen functional groups attached to an aromatic ring is 1. The molecule has 2 aliphatic carbocycles. The minimum atomic E-state index is -0.407. The standard InChI is InChI=1S/C22H15NO3.C15H11NO2.C7H5ClO/c24-18-13-19(25)21-17(23-22(26)15-9-5-2-6-10-15)12-11-16(20(18)21)14-7-3-1-4-8-14;16-11-7-6-10(9-4-2-1-3-5-9)14-12(17)8-13(18)15(11)14;8-7(9)6-4-2-1-3-5-6/h1-12H,13H2,(H,23,26);1-7H,8,16H2;1-5H. The van der Waals surface area contributed by atoms with Crippen molar-refractivity contribution in [3.8, 4) is 22.3 Å². The summed E-state index contributed by atoms with van der Waals surface area (Å²) >= 11 is 5.16. The molecule has 0 unspecified atom stereocenters. The topological polar surface area (TPSA) is 140 Å². The van der Waals surface area contributed by atoms with Crippen molar-refractivity contribution in [3.05, 3.63) is 179 Å². The molecule has 9 heteroatoms. The van der Waals surface area contributed by atoms with E-state index in [4.69, 9.17) is 17.3 Å². The van der Waals surface area contributed by atoms with E-state index in [2.05, 4.69) is 5.32 Å². The second-order valence-electron chi connectivity index (χ2n) is 12.1. The highest BCUT2D eigenvalue weighted by atomic mass is 35.5. The molecule has 6 aromatic carbocycles. The molecule has 2 aliphatic rings. The molecular formula is C44H31ClN2O6. The number of fused-ring (bicyclic) bond motifs is 2. The molecule has 3 N–H and O–H groups in total. The summed E-state index contributed by atoms with van der Waals surface area (Å²) in [6.45, 7) is 0. The van der Waals surface area contributed by atoms with E-state index in [1.165, 1.54) is 0 Å². The Balaban J connectivity index is 0.000000153. The summed E-state index contributed by atoms with van der Waals surface area (Å²) in [5.74, 6) is -1.09. The first-order chi connectivity index (χ1) is 25.6. The fourth-order valence-electron chi connectivity index (χ4n) is 6.21. The maximum atomic E-state index is 12.4. The summed E-state index contributed by atoms with van der Waals surface area (Å²) in [6, 6.07) is 43.5. The molecule has 0 fully saturated rings. The minimum absolute atomic E-state index is 0.0661. The van der Waals surface area contributed by atoms with Gasteiger partial charge in [-0.2, -0.15) is 0 Å². The lowest BCUT2D eigenvalue weighted by atomic mass is 9.95. The molecule has 0 bridgehead atoms. The molecule has 0 aliphatic heterocycles. The highest BCUT2D eigenvalue weighted by Crippen LogP contribution is 2.38. The van der Waals surface area contributed by atoms with Gasteiger partial charge in [0.1, 0.15) is 0 Å². The van der Waals surface area contributed by atoms with Crippen molar-refractivity contribution in [1.82, 2.24) is 0 Å². The van der Waals surface area contributed by atoms with Crippen molar-refractivity contribution in [2.24, 2.45) is 0 Å². The lowest BCUT2D eigenvalue weighted by molar-refractivity contribution is 0.0907. The van der Waals surface area contributed by atoms with E-state index in [-0.39, 0.29) is 41.9 Å². The van der Waals surface area contributed by atoms with Gasteiger partial charge in [0.05, 0.1) is 29.7 Å². The smallest absolute Gasteiger partial charge is 0.255 e. The molecule has 8 rings (SSSR count). The Bertz CT molecular complexity index is 2380. The molecule has 0 radical (unpaired) electrons. The number of hydrogen-bond acceptors (Lipinski definition) is 7. The summed E-state index contributed by atoms with van der Waals surface area (Å²) in [4.78, 5) is 71.5. The average Bonchev–Trinajstić information content (AvgIpc) is 3.67. The zero-order valence-corrected chi connectivity index (χ0v) is 28.9. The van der Waals surface area contributed by atoms with Crippen LogP contribution in [0.25, 0.3) is 22.3 Å². The number of carbonyl (C=O) groups excluding carboxylic acids is 6. The Kier molecular flexibility index (Phi) is 10.9. The summed E-state index contributed by atoms with van der Waals surface area (Å²) < 4.78 is 0. The van der Waals surface area contributed by atoms with Crippen molar-refractivity contribution >= 4 is 57.3 Å². The Morgan fingerprint density at radius 3 is 1.34 bits per heavy atom. The van der Waals surface area contributed by atoms with Crippen LogP contribution in [-0.2, 0) is 0 Å². The van der Waals surface area contributed by atoms with Gasteiger partial charge < -0.3 is 11.1 Å². The van der Waals surface area contributed by atoms with E-state index >= 15 is 0 Å². The van der Waals surface area contributed by atoms with Gasteiger partial charge in [0.25, 0.3) is 11.1 Å². The molecule has 0 aromatic heterocycles. The molecule has 0 atom stereocenters. The van der Waals surface area contributed by atoms with Crippen molar-refractivity contribution in [3.63, 3.8) is 0 Å². The van der Waals surface area contributed by atoms with Crippen LogP contribution >= 0.6 is 11.6 Å². The lowest BCUT2D eigenvalue weighted by Gasteiger charge is -2.13. The van der Waals surface area contributed by atoms with E-state index in [9.17, 15) is 28.8 Å². The Morgan fingerprint density at radius 1 is 0.472 bits per heavy atom. The van der Waals surface area contributed by atoms with Crippen molar-refractivity contribution in [2.75, 3.05) is 11.1 Å². The predicted octanol–water partition coefficient (Wildman–Crippen LogP) is 9.15. The van der Waals surface area contributed by atoms with Crippen LogP contribution in [0.4, 0.5) is 11.4 Å². The molecule has 6 aromatic rings. The van der Waals surface area contributed by atoms with Gasteiger partial charge in [-0.1, -0.05) is 121 Å². The normalized spacial score (nSPS) is 12.5. The number of carbonyl (C=O) groups is 6. The third-order valence-electron chi connectivity index (χ3n) is 8.66. The van der Waals surface area contributed by atoms with E-state index in [1.54, 1.807) is 72.8 Å². The number of ketones is 4. The number of hydrogen-bond donors (Lipinski definition) is 2. The summed E-state index contributed by atoms with van der Waals surface area (Å²) in [5.41, 5.74) is 12.5. The number of benzene rings is 6. The summed E-state index contributed by atoms with van der Waals surface area (Å²) in [6.07, 6.45) is -0.225. The minimum Gasteiger partial charge on any atom is -0.398 e. The zero-order valence-electron chi connectivity index (χ0n) is 28.2. The first-order valence-corrected chi connectivity index (χ1v) is 17.0. The monoisotopic (exact) mass is 718 g/mol. The zero-order chi connectivity index (χ0) is 37.5. The Labute approximate surface area is 310 Å². The van der Waals surface area contributed by atoms with Gasteiger partial charge in [0.2, 0.25) is 0 Å².